The lowest BCUT2D eigenvalue weighted by Gasteiger charge is -2.16. The molecule has 1 heterocycles. The van der Waals surface area contributed by atoms with Crippen LogP contribution in [0, 0.1) is 20.8 Å². The fourth-order valence-corrected chi connectivity index (χ4v) is 5.12. The van der Waals surface area contributed by atoms with E-state index in [9.17, 15) is 31.2 Å². The van der Waals surface area contributed by atoms with Crippen molar-refractivity contribution in [1.29, 1.82) is 0 Å². The molecule has 0 radical (unpaired) electrons. The summed E-state index contributed by atoms with van der Waals surface area (Å²) >= 11 is 5.91. The molecule has 1 aromatic heterocycles. The van der Waals surface area contributed by atoms with Gasteiger partial charge in [0.2, 0.25) is 15.7 Å². The Morgan fingerprint density at radius 3 is 2.24 bits per heavy atom. The van der Waals surface area contributed by atoms with Crippen LogP contribution >= 0.6 is 11.6 Å². The molecule has 0 fully saturated rings. The molecule has 0 atom stereocenters. The number of pyridine rings is 1. The molecule has 0 spiro atoms. The van der Waals surface area contributed by atoms with Gasteiger partial charge in [-0.1, -0.05) is 29.3 Å². The van der Waals surface area contributed by atoms with E-state index in [0.717, 1.165) is 22.3 Å². The van der Waals surface area contributed by atoms with Crippen molar-refractivity contribution < 1.29 is 26.4 Å². The maximum absolute atomic E-state index is 13.2. The number of nitrogens with one attached hydrogen (secondary N) is 1. The number of aryl methyl sites for hydroxylation is 3. The smallest absolute Gasteiger partial charge is 0.323 e. The van der Waals surface area contributed by atoms with Gasteiger partial charge in [-0.05, 0) is 62.7 Å². The van der Waals surface area contributed by atoms with Crippen molar-refractivity contribution in [3.63, 3.8) is 0 Å². The molecule has 1 amide bonds. The first-order valence-corrected chi connectivity index (χ1v) is 11.8. The van der Waals surface area contributed by atoms with Gasteiger partial charge in [0.25, 0.3) is 5.56 Å². The van der Waals surface area contributed by atoms with E-state index in [4.69, 9.17) is 11.6 Å². The van der Waals surface area contributed by atoms with Crippen molar-refractivity contribution in [3.8, 4) is 0 Å². The van der Waals surface area contributed by atoms with Crippen LogP contribution in [0.25, 0.3) is 0 Å². The Balaban J connectivity index is 1.99. The van der Waals surface area contributed by atoms with E-state index in [1.165, 1.54) is 32.0 Å². The predicted molar refractivity (Wildman–Crippen MR) is 122 cm³/mol. The highest BCUT2D eigenvalue weighted by atomic mass is 35.5. The summed E-state index contributed by atoms with van der Waals surface area (Å²) < 4.78 is 66.2. The summed E-state index contributed by atoms with van der Waals surface area (Å²) in [5.74, 6) is -0.853. The van der Waals surface area contributed by atoms with Crippen molar-refractivity contribution in [2.45, 2.75) is 43.3 Å². The Morgan fingerprint density at radius 1 is 1.03 bits per heavy atom. The molecular weight excluding hydrogens is 493 g/mol. The largest absolute Gasteiger partial charge is 0.416 e. The van der Waals surface area contributed by atoms with E-state index < -0.39 is 44.5 Å². The molecule has 3 aromatic rings. The van der Waals surface area contributed by atoms with E-state index >= 15 is 0 Å². The summed E-state index contributed by atoms with van der Waals surface area (Å²) in [4.78, 5) is 25.2. The third kappa shape index (κ3) is 5.18. The average Bonchev–Trinajstić information content (AvgIpc) is 2.72. The minimum Gasteiger partial charge on any atom is -0.323 e. The minimum absolute atomic E-state index is 0.0751. The van der Waals surface area contributed by atoms with Gasteiger partial charge >= 0.3 is 6.18 Å². The number of halogens is 4. The van der Waals surface area contributed by atoms with Gasteiger partial charge in [0.05, 0.1) is 21.2 Å². The van der Waals surface area contributed by atoms with Crippen LogP contribution in [0.3, 0.4) is 0 Å². The normalized spacial score (nSPS) is 12.0. The molecule has 0 saturated carbocycles. The molecule has 0 unspecified atom stereocenters. The highest BCUT2D eigenvalue weighted by Gasteiger charge is 2.31. The zero-order chi connectivity index (χ0) is 25.4. The SMILES string of the molecule is Cc1ccc(S(=O)(=O)c2c(C)cc(C)n(CC(=O)Nc3cc(C(F)(F)F)ccc3Cl)c2=O)cc1. The molecule has 0 bridgehead atoms. The number of aromatic nitrogens is 1. The highest BCUT2D eigenvalue weighted by Crippen LogP contribution is 2.33. The maximum Gasteiger partial charge on any atom is 0.416 e. The molecule has 0 saturated heterocycles. The van der Waals surface area contributed by atoms with Crippen molar-refractivity contribution >= 4 is 33.0 Å². The zero-order valence-electron chi connectivity index (χ0n) is 18.3. The molecule has 11 heteroatoms. The number of benzene rings is 2. The number of hydrogen-bond donors (Lipinski definition) is 1. The fourth-order valence-electron chi connectivity index (χ4n) is 3.40. The van der Waals surface area contributed by atoms with Crippen LogP contribution in [-0.4, -0.2) is 18.9 Å². The number of hydrogen-bond acceptors (Lipinski definition) is 4. The summed E-state index contributed by atoms with van der Waals surface area (Å²) in [6.45, 7) is 4.15. The Hall–Kier alpha value is -3.11. The number of alkyl halides is 3. The number of nitrogens with zero attached hydrogens (tertiary/aromatic N) is 1. The molecule has 180 valence electrons. The summed E-state index contributed by atoms with van der Waals surface area (Å²) in [7, 11) is -4.19. The second-order valence-corrected chi connectivity index (χ2v) is 10.0. The second kappa shape index (κ2) is 9.27. The lowest BCUT2D eigenvalue weighted by atomic mass is 10.2. The van der Waals surface area contributed by atoms with Crippen LogP contribution in [-0.2, 0) is 27.4 Å². The number of amides is 1. The van der Waals surface area contributed by atoms with Gasteiger partial charge in [0, 0.05) is 5.69 Å². The van der Waals surface area contributed by atoms with Gasteiger partial charge < -0.3 is 9.88 Å². The van der Waals surface area contributed by atoms with E-state index in [0.29, 0.717) is 11.8 Å². The van der Waals surface area contributed by atoms with Crippen molar-refractivity contribution in [2.24, 2.45) is 0 Å². The highest BCUT2D eigenvalue weighted by molar-refractivity contribution is 7.91. The molecule has 34 heavy (non-hydrogen) atoms. The molecule has 0 aliphatic heterocycles. The lowest BCUT2D eigenvalue weighted by molar-refractivity contribution is -0.137. The van der Waals surface area contributed by atoms with E-state index in [1.807, 2.05) is 0 Å². The second-order valence-electron chi connectivity index (χ2n) is 7.75. The molecule has 0 aliphatic carbocycles. The first-order chi connectivity index (χ1) is 15.7. The van der Waals surface area contributed by atoms with Gasteiger partial charge in [-0.3, -0.25) is 9.59 Å². The van der Waals surface area contributed by atoms with Crippen LogP contribution in [0.2, 0.25) is 5.02 Å². The Bertz CT molecular complexity index is 1430. The molecular formula is C23H20ClF3N2O4S. The van der Waals surface area contributed by atoms with Gasteiger partial charge in [0.1, 0.15) is 11.4 Å². The van der Waals surface area contributed by atoms with Crippen LogP contribution in [0.15, 0.2) is 63.1 Å². The molecule has 2 aromatic carbocycles. The standard InChI is InChI=1S/C23H20ClF3N2O4S/c1-13-4-7-17(8-5-13)34(32,33)21-14(2)10-15(3)29(22(21)31)12-20(30)28-19-11-16(23(25,26)27)6-9-18(19)24/h4-11H,12H2,1-3H3,(H,28,30). The quantitative estimate of drug-likeness (QED) is 0.526. The van der Waals surface area contributed by atoms with Gasteiger partial charge in [-0.25, -0.2) is 8.42 Å². The Kier molecular flexibility index (Phi) is 6.95. The van der Waals surface area contributed by atoms with E-state index in [-0.39, 0.29) is 21.2 Å². The minimum atomic E-state index is -4.65. The summed E-state index contributed by atoms with van der Waals surface area (Å²) in [6.07, 6.45) is -4.65. The molecule has 0 aliphatic rings. The van der Waals surface area contributed by atoms with Gasteiger partial charge in [0.15, 0.2) is 0 Å². The van der Waals surface area contributed by atoms with Crippen LogP contribution in [0.5, 0.6) is 0 Å². The Morgan fingerprint density at radius 2 is 1.65 bits per heavy atom. The molecule has 1 N–H and O–H groups in total. The summed E-state index contributed by atoms with van der Waals surface area (Å²) in [6, 6.07) is 9.87. The third-order valence-electron chi connectivity index (χ3n) is 5.12. The topological polar surface area (TPSA) is 85.2 Å². The van der Waals surface area contributed by atoms with Crippen LogP contribution in [0.4, 0.5) is 18.9 Å². The van der Waals surface area contributed by atoms with Crippen LogP contribution in [0.1, 0.15) is 22.4 Å². The first-order valence-electron chi connectivity index (χ1n) is 9.91. The van der Waals surface area contributed by atoms with Gasteiger partial charge in [-0.2, -0.15) is 13.2 Å². The van der Waals surface area contributed by atoms with E-state index in [1.54, 1.807) is 19.1 Å². The number of sulfone groups is 1. The fraction of sp³-hybridized carbons (Fsp3) is 0.217. The monoisotopic (exact) mass is 512 g/mol. The third-order valence-corrected chi connectivity index (χ3v) is 7.37. The van der Waals surface area contributed by atoms with Gasteiger partial charge in [-0.15, -0.1) is 0 Å². The average molecular weight is 513 g/mol. The van der Waals surface area contributed by atoms with Crippen LogP contribution < -0.4 is 10.9 Å². The summed E-state index contributed by atoms with van der Waals surface area (Å²) in [5, 5.41) is 2.13. The zero-order valence-corrected chi connectivity index (χ0v) is 19.9. The number of carbonyl (C=O) groups is 1. The maximum atomic E-state index is 13.2. The predicted octanol–water partition coefficient (Wildman–Crippen LogP) is 4.92. The molecule has 6 nitrogen and oxygen atoms in total. The number of rotatable bonds is 5. The lowest BCUT2D eigenvalue weighted by Crippen LogP contribution is -2.33. The Labute approximate surface area is 198 Å². The first kappa shape index (κ1) is 25.5. The summed E-state index contributed by atoms with van der Waals surface area (Å²) in [5.41, 5.74) is -0.865. The van der Waals surface area contributed by atoms with E-state index in [2.05, 4.69) is 5.32 Å². The molecule has 3 rings (SSSR count). The number of carbonyl (C=O) groups excluding carboxylic acids is 1. The number of anilines is 1. The van der Waals surface area contributed by atoms with Crippen molar-refractivity contribution in [3.05, 3.63) is 86.3 Å². The van der Waals surface area contributed by atoms with Crippen molar-refractivity contribution in [1.82, 2.24) is 4.57 Å². The van der Waals surface area contributed by atoms with Crippen molar-refractivity contribution in [2.75, 3.05) is 5.32 Å².